The summed E-state index contributed by atoms with van der Waals surface area (Å²) in [5, 5.41) is 5.34. The SMILES string of the molecule is CNCc1c(N2CCCC2C)nc2sccn12. The van der Waals surface area contributed by atoms with Gasteiger partial charge in [0.25, 0.3) is 0 Å². The number of hydrogen-bond donors (Lipinski definition) is 1. The predicted octanol–water partition coefficient (Wildman–Crippen LogP) is 2.10. The lowest BCUT2D eigenvalue weighted by atomic mass is 10.2. The first-order valence-corrected chi connectivity index (χ1v) is 7.05. The van der Waals surface area contributed by atoms with Gasteiger partial charge in [0, 0.05) is 30.7 Å². The third-order valence-corrected chi connectivity index (χ3v) is 4.27. The van der Waals surface area contributed by atoms with Gasteiger partial charge in [0.15, 0.2) is 10.8 Å². The van der Waals surface area contributed by atoms with Gasteiger partial charge in [0.1, 0.15) is 0 Å². The van der Waals surface area contributed by atoms with Crippen LogP contribution < -0.4 is 10.2 Å². The fourth-order valence-electron chi connectivity index (χ4n) is 2.63. The molecule has 0 saturated carbocycles. The third-order valence-electron chi connectivity index (χ3n) is 3.51. The number of nitrogens with one attached hydrogen (secondary N) is 1. The van der Waals surface area contributed by atoms with Crippen LogP contribution >= 0.6 is 11.3 Å². The summed E-state index contributed by atoms with van der Waals surface area (Å²) in [5.74, 6) is 1.18. The molecule has 2 aromatic rings. The number of thiazole rings is 1. The quantitative estimate of drug-likeness (QED) is 0.905. The summed E-state index contributed by atoms with van der Waals surface area (Å²) in [6.45, 7) is 4.31. The van der Waals surface area contributed by atoms with Gasteiger partial charge in [-0.25, -0.2) is 4.98 Å². The van der Waals surface area contributed by atoms with Crippen molar-refractivity contribution in [3.05, 3.63) is 17.3 Å². The summed E-state index contributed by atoms with van der Waals surface area (Å²) in [7, 11) is 1.99. The van der Waals surface area contributed by atoms with Gasteiger partial charge in [-0.15, -0.1) is 11.3 Å². The summed E-state index contributed by atoms with van der Waals surface area (Å²) in [6.07, 6.45) is 4.68. The first-order valence-electron chi connectivity index (χ1n) is 6.17. The van der Waals surface area contributed by atoms with E-state index in [-0.39, 0.29) is 0 Å². The number of hydrogen-bond acceptors (Lipinski definition) is 4. The molecule has 92 valence electrons. The normalized spacial score (nSPS) is 20.6. The molecule has 0 amide bonds. The molecule has 0 spiro atoms. The molecule has 3 rings (SSSR count). The van der Waals surface area contributed by atoms with Crippen molar-refractivity contribution in [2.24, 2.45) is 0 Å². The Bertz CT molecular complexity index is 516. The second kappa shape index (κ2) is 4.31. The van der Waals surface area contributed by atoms with E-state index in [1.54, 1.807) is 11.3 Å². The van der Waals surface area contributed by atoms with E-state index >= 15 is 0 Å². The zero-order chi connectivity index (χ0) is 11.8. The second-order valence-electron chi connectivity index (χ2n) is 4.65. The van der Waals surface area contributed by atoms with Crippen LogP contribution in [0, 0.1) is 0 Å². The van der Waals surface area contributed by atoms with Crippen LogP contribution in [0.3, 0.4) is 0 Å². The Balaban J connectivity index is 2.07. The molecule has 3 heterocycles. The average Bonchev–Trinajstić information content (AvgIpc) is 2.96. The van der Waals surface area contributed by atoms with Crippen molar-refractivity contribution >= 4 is 22.1 Å². The number of aromatic nitrogens is 2. The van der Waals surface area contributed by atoms with Crippen LogP contribution in [0.2, 0.25) is 0 Å². The molecule has 1 aliphatic heterocycles. The maximum Gasteiger partial charge on any atom is 0.195 e. The lowest BCUT2D eigenvalue weighted by Crippen LogP contribution is -2.28. The van der Waals surface area contributed by atoms with E-state index in [0.29, 0.717) is 6.04 Å². The molecule has 1 saturated heterocycles. The standard InChI is InChI=1S/C12H18N4S/c1-9-4-3-5-15(9)11-10(8-13-2)16-6-7-17-12(16)14-11/h6-7,9,13H,3-5,8H2,1-2H3. The topological polar surface area (TPSA) is 32.6 Å². The van der Waals surface area contributed by atoms with Gasteiger partial charge in [0.2, 0.25) is 0 Å². The van der Waals surface area contributed by atoms with Crippen LogP contribution in [-0.4, -0.2) is 29.0 Å². The lowest BCUT2D eigenvalue weighted by molar-refractivity contribution is 0.714. The number of anilines is 1. The highest BCUT2D eigenvalue weighted by atomic mass is 32.1. The number of fused-ring (bicyclic) bond motifs is 1. The van der Waals surface area contributed by atoms with Gasteiger partial charge >= 0.3 is 0 Å². The highest BCUT2D eigenvalue weighted by Crippen LogP contribution is 2.30. The van der Waals surface area contributed by atoms with E-state index in [4.69, 9.17) is 4.98 Å². The zero-order valence-corrected chi connectivity index (χ0v) is 11.1. The van der Waals surface area contributed by atoms with Gasteiger partial charge in [0.05, 0.1) is 5.69 Å². The summed E-state index contributed by atoms with van der Waals surface area (Å²) in [6, 6.07) is 0.621. The number of rotatable bonds is 3. The fourth-order valence-corrected chi connectivity index (χ4v) is 3.36. The van der Waals surface area contributed by atoms with Crippen LogP contribution in [0.4, 0.5) is 5.82 Å². The van der Waals surface area contributed by atoms with Gasteiger partial charge in [-0.2, -0.15) is 0 Å². The molecular weight excluding hydrogens is 232 g/mol. The molecule has 2 aromatic heterocycles. The first kappa shape index (κ1) is 11.0. The highest BCUT2D eigenvalue weighted by Gasteiger charge is 2.26. The highest BCUT2D eigenvalue weighted by molar-refractivity contribution is 7.15. The minimum absolute atomic E-state index is 0.621. The van der Waals surface area contributed by atoms with E-state index < -0.39 is 0 Å². The molecule has 1 fully saturated rings. The Morgan fingerprint density at radius 2 is 2.47 bits per heavy atom. The lowest BCUT2D eigenvalue weighted by Gasteiger charge is -2.22. The van der Waals surface area contributed by atoms with Gasteiger partial charge in [-0.05, 0) is 26.8 Å². The molecule has 1 aliphatic rings. The minimum atomic E-state index is 0.621. The van der Waals surface area contributed by atoms with Crippen LogP contribution in [-0.2, 0) is 6.54 Å². The molecule has 0 aliphatic carbocycles. The van der Waals surface area contributed by atoms with E-state index in [0.717, 1.165) is 18.1 Å². The number of nitrogens with zero attached hydrogens (tertiary/aromatic N) is 3. The maximum atomic E-state index is 4.79. The molecule has 5 heteroatoms. The Hall–Kier alpha value is -1.07. The predicted molar refractivity (Wildman–Crippen MR) is 71.9 cm³/mol. The molecule has 0 aromatic carbocycles. The van der Waals surface area contributed by atoms with Crippen molar-refractivity contribution in [1.29, 1.82) is 0 Å². The van der Waals surface area contributed by atoms with Crippen LogP contribution in [0.1, 0.15) is 25.5 Å². The minimum Gasteiger partial charge on any atom is -0.352 e. The Morgan fingerprint density at radius 3 is 3.18 bits per heavy atom. The monoisotopic (exact) mass is 250 g/mol. The van der Waals surface area contributed by atoms with Crippen molar-refractivity contribution < 1.29 is 0 Å². The third kappa shape index (κ3) is 1.73. The second-order valence-corrected chi connectivity index (χ2v) is 5.53. The zero-order valence-electron chi connectivity index (χ0n) is 10.3. The molecule has 1 atom stereocenters. The van der Waals surface area contributed by atoms with Crippen LogP contribution in [0.25, 0.3) is 4.96 Å². The van der Waals surface area contributed by atoms with Crippen LogP contribution in [0.5, 0.6) is 0 Å². The first-order chi connectivity index (χ1) is 8.31. The maximum absolute atomic E-state index is 4.79. The van der Waals surface area contributed by atoms with E-state index in [9.17, 15) is 0 Å². The molecular formula is C12H18N4S. The Labute approximate surface area is 105 Å². The summed E-state index contributed by atoms with van der Waals surface area (Å²) in [4.78, 5) is 8.34. The summed E-state index contributed by atoms with van der Waals surface area (Å²) in [5.41, 5.74) is 1.29. The van der Waals surface area contributed by atoms with Gasteiger partial charge in [-0.3, -0.25) is 4.40 Å². The average molecular weight is 250 g/mol. The Kier molecular flexibility index (Phi) is 2.80. The smallest absolute Gasteiger partial charge is 0.195 e. The van der Waals surface area contributed by atoms with Crippen LogP contribution in [0.15, 0.2) is 11.6 Å². The largest absolute Gasteiger partial charge is 0.352 e. The Morgan fingerprint density at radius 1 is 1.59 bits per heavy atom. The van der Waals surface area contributed by atoms with Gasteiger partial charge < -0.3 is 10.2 Å². The molecule has 1 unspecified atom stereocenters. The van der Waals surface area contributed by atoms with E-state index in [1.165, 1.54) is 24.4 Å². The molecule has 4 nitrogen and oxygen atoms in total. The molecule has 1 N–H and O–H groups in total. The van der Waals surface area contributed by atoms with E-state index in [2.05, 4.69) is 33.1 Å². The molecule has 17 heavy (non-hydrogen) atoms. The molecule has 0 bridgehead atoms. The van der Waals surface area contributed by atoms with Crippen molar-refractivity contribution in [2.75, 3.05) is 18.5 Å². The van der Waals surface area contributed by atoms with Crippen molar-refractivity contribution in [2.45, 2.75) is 32.4 Å². The summed E-state index contributed by atoms with van der Waals surface area (Å²) < 4.78 is 2.21. The van der Waals surface area contributed by atoms with Gasteiger partial charge in [-0.1, -0.05) is 0 Å². The van der Waals surface area contributed by atoms with Crippen molar-refractivity contribution in [3.63, 3.8) is 0 Å². The van der Waals surface area contributed by atoms with Crippen molar-refractivity contribution in [1.82, 2.24) is 14.7 Å². The van der Waals surface area contributed by atoms with Crippen molar-refractivity contribution in [3.8, 4) is 0 Å². The summed E-state index contributed by atoms with van der Waals surface area (Å²) >= 11 is 1.71. The molecule has 0 radical (unpaired) electrons. The number of imidazole rings is 1. The van der Waals surface area contributed by atoms with E-state index in [1.807, 2.05) is 7.05 Å². The fraction of sp³-hybridized carbons (Fsp3) is 0.583.